The molecule has 0 aliphatic heterocycles. The van der Waals surface area contributed by atoms with E-state index in [1.165, 1.54) is 0 Å². The van der Waals surface area contributed by atoms with Crippen molar-refractivity contribution < 1.29 is 144 Å². The number of hydrogen-bond donors (Lipinski definition) is 0. The van der Waals surface area contributed by atoms with Crippen LogP contribution in [-0.4, -0.2) is 0 Å². The molecule has 0 unspecified atom stereocenters. The van der Waals surface area contributed by atoms with Gasteiger partial charge in [0.1, 0.15) is 0 Å². The molecule has 0 radical (unpaired) electrons. The van der Waals surface area contributed by atoms with Gasteiger partial charge in [0.2, 0.25) is 0 Å². The van der Waals surface area contributed by atoms with E-state index in [9.17, 15) is 0 Å². The molecule has 6 heteroatoms. The average molecular weight is 222 g/mol. The van der Waals surface area contributed by atoms with Crippen LogP contribution < -0.4 is 144 Å². The molecular weight excluding hydrogens is 222 g/mol. The van der Waals surface area contributed by atoms with Gasteiger partial charge < -0.3 is 37.2 Å². The van der Waals surface area contributed by atoms with Gasteiger partial charge in [0.15, 0.2) is 0 Å². The number of rotatable bonds is 0. The second kappa shape index (κ2) is 34.8. The van der Waals surface area contributed by atoms with E-state index < -0.39 is 0 Å². The predicted octanol–water partition coefficient (Wildman–Crippen LogP) is -18.0. The van der Waals surface area contributed by atoms with E-state index in [4.69, 9.17) is 0 Å². The van der Waals surface area contributed by atoms with Crippen molar-refractivity contribution in [2.75, 3.05) is 0 Å². The van der Waals surface area contributed by atoms with Gasteiger partial charge >= 0.3 is 107 Å². The molecule has 0 nitrogen and oxygen atoms in total. The third-order valence-electron chi connectivity index (χ3n) is 0. The van der Waals surface area contributed by atoms with E-state index >= 15 is 0 Å². The zero-order chi connectivity index (χ0) is 0. The Hall–Kier alpha value is 4.27. The molecule has 0 bridgehead atoms. The fourth-order valence-electron chi connectivity index (χ4n) is 0. The van der Waals surface area contributed by atoms with Crippen molar-refractivity contribution in [3.8, 4) is 0 Å². The standard InChI is InChI=1S/3ClH.Li.Na.Rb/h3*1H;;;/q;;;3*+1/p-3. The Kier molecular flexibility index (Phi) is 280. The molecule has 0 heterocycles. The summed E-state index contributed by atoms with van der Waals surface area (Å²) in [5, 5.41) is 0. The minimum Gasteiger partial charge on any atom is -1.00 e. The van der Waals surface area contributed by atoms with Crippen LogP contribution >= 0.6 is 0 Å². The van der Waals surface area contributed by atoms with Gasteiger partial charge in [-0.3, -0.25) is 0 Å². The van der Waals surface area contributed by atoms with Crippen molar-refractivity contribution in [3.63, 3.8) is 0 Å². The summed E-state index contributed by atoms with van der Waals surface area (Å²) in [6.45, 7) is 0. The Bertz CT molecular complexity index is 10.8. The van der Waals surface area contributed by atoms with Gasteiger partial charge in [0, 0.05) is 0 Å². The van der Waals surface area contributed by atoms with Gasteiger partial charge in [0.05, 0.1) is 0 Å². The molecule has 0 aromatic rings. The van der Waals surface area contributed by atoms with Crippen LogP contribution in [0.2, 0.25) is 0 Å². The summed E-state index contributed by atoms with van der Waals surface area (Å²) in [4.78, 5) is 0. The maximum absolute atomic E-state index is 0. The summed E-state index contributed by atoms with van der Waals surface area (Å²) in [6, 6.07) is 0. The van der Waals surface area contributed by atoms with E-state index in [2.05, 4.69) is 0 Å². The van der Waals surface area contributed by atoms with Gasteiger partial charge in [-0.1, -0.05) is 0 Å². The van der Waals surface area contributed by atoms with Crippen LogP contribution in [0.4, 0.5) is 0 Å². The molecule has 24 valence electrons. The molecule has 0 spiro atoms. The minimum absolute atomic E-state index is 0. The molecule has 6 heavy (non-hydrogen) atoms. The van der Waals surface area contributed by atoms with Gasteiger partial charge in [-0.05, 0) is 0 Å². The van der Waals surface area contributed by atoms with E-state index in [0.29, 0.717) is 0 Å². The van der Waals surface area contributed by atoms with Crippen molar-refractivity contribution in [2.24, 2.45) is 0 Å². The zero-order valence-electron chi connectivity index (χ0n) is 4.13. The first-order chi connectivity index (χ1) is 0. The number of halogens is 3. The molecule has 0 rings (SSSR count). The zero-order valence-corrected chi connectivity index (χ0v) is 13.3. The van der Waals surface area contributed by atoms with Crippen molar-refractivity contribution in [3.05, 3.63) is 0 Å². The Labute approximate surface area is 140 Å². The Morgan fingerprint density at radius 2 is 0.667 bits per heavy atom. The summed E-state index contributed by atoms with van der Waals surface area (Å²) in [5.74, 6) is 0. The summed E-state index contributed by atoms with van der Waals surface area (Å²) in [5.41, 5.74) is 0. The van der Waals surface area contributed by atoms with Gasteiger partial charge in [-0.2, -0.15) is 0 Å². The van der Waals surface area contributed by atoms with Crippen LogP contribution in [0.3, 0.4) is 0 Å². The fourth-order valence-corrected chi connectivity index (χ4v) is 0. The summed E-state index contributed by atoms with van der Waals surface area (Å²) >= 11 is 0. The molecule has 0 amide bonds. The largest absolute Gasteiger partial charge is 1.00 e. The van der Waals surface area contributed by atoms with Crippen LogP contribution in [0.25, 0.3) is 0 Å². The van der Waals surface area contributed by atoms with Gasteiger partial charge in [-0.25, -0.2) is 0 Å². The van der Waals surface area contributed by atoms with Crippen LogP contribution in [-0.2, 0) is 0 Å². The molecule has 0 N–H and O–H groups in total. The summed E-state index contributed by atoms with van der Waals surface area (Å²) in [6.07, 6.45) is 0. The second-order valence-electron chi connectivity index (χ2n) is 0. The van der Waals surface area contributed by atoms with Crippen molar-refractivity contribution in [2.45, 2.75) is 0 Å². The van der Waals surface area contributed by atoms with Gasteiger partial charge in [0.25, 0.3) is 0 Å². The molecular formula is Cl3LiNaRb. The van der Waals surface area contributed by atoms with Crippen molar-refractivity contribution >= 4 is 0 Å². The first-order valence-corrected chi connectivity index (χ1v) is 0. The Balaban J connectivity index is 0. The second-order valence-corrected chi connectivity index (χ2v) is 0. The van der Waals surface area contributed by atoms with Crippen LogP contribution in [0.15, 0.2) is 0 Å². The van der Waals surface area contributed by atoms with Crippen LogP contribution in [0, 0.1) is 0 Å². The summed E-state index contributed by atoms with van der Waals surface area (Å²) < 4.78 is 0. The first kappa shape index (κ1) is 48.4. The molecule has 0 aromatic carbocycles. The topological polar surface area (TPSA) is 0 Å². The van der Waals surface area contributed by atoms with E-state index in [-0.39, 0.29) is 144 Å². The Morgan fingerprint density at radius 1 is 0.667 bits per heavy atom. The van der Waals surface area contributed by atoms with Crippen molar-refractivity contribution in [1.29, 1.82) is 0 Å². The monoisotopic (exact) mass is 220 g/mol. The molecule has 0 aliphatic carbocycles. The predicted molar refractivity (Wildman–Crippen MR) is 0 cm³/mol. The third-order valence-corrected chi connectivity index (χ3v) is 0. The molecule has 0 saturated heterocycles. The smallest absolute Gasteiger partial charge is 1.00 e. The maximum atomic E-state index is 0. The van der Waals surface area contributed by atoms with E-state index in [1.807, 2.05) is 0 Å². The number of hydrogen-bond acceptors (Lipinski definition) is 0. The minimum atomic E-state index is 0. The molecule has 0 saturated carbocycles. The normalized spacial score (nSPS) is 0. The quantitative estimate of drug-likeness (QED) is 0.357. The van der Waals surface area contributed by atoms with E-state index in [0.717, 1.165) is 0 Å². The molecule has 0 aromatic heterocycles. The average Bonchev–Trinajstić information content (AvgIpc) is 0. The SMILES string of the molecule is [Cl-].[Cl-].[Cl-].[Li+].[Na+].[Rb+]. The molecule has 0 atom stereocenters. The van der Waals surface area contributed by atoms with Crippen molar-refractivity contribution in [1.82, 2.24) is 0 Å². The van der Waals surface area contributed by atoms with Crippen LogP contribution in [0.5, 0.6) is 0 Å². The third kappa shape index (κ3) is 24.0. The Morgan fingerprint density at radius 3 is 0.667 bits per heavy atom. The fraction of sp³-hybridized carbons (Fsp3) is 0. The summed E-state index contributed by atoms with van der Waals surface area (Å²) in [7, 11) is 0. The molecule has 0 fully saturated rings. The van der Waals surface area contributed by atoms with Crippen LogP contribution in [0.1, 0.15) is 0 Å². The van der Waals surface area contributed by atoms with Gasteiger partial charge in [-0.15, -0.1) is 0 Å². The first-order valence-electron chi connectivity index (χ1n) is 0. The molecule has 0 aliphatic rings. The van der Waals surface area contributed by atoms with E-state index in [1.54, 1.807) is 0 Å². The maximum Gasteiger partial charge on any atom is 1.00 e.